The van der Waals surface area contributed by atoms with E-state index in [4.69, 9.17) is 21.8 Å². The van der Waals surface area contributed by atoms with E-state index in [1.165, 1.54) is 6.20 Å². The van der Waals surface area contributed by atoms with E-state index in [0.717, 1.165) is 5.56 Å². The molecule has 0 atom stereocenters. The minimum Gasteiger partial charge on any atom is -0.434 e. The van der Waals surface area contributed by atoms with Gasteiger partial charge in [-0.2, -0.15) is 0 Å². The van der Waals surface area contributed by atoms with Crippen molar-refractivity contribution in [2.24, 2.45) is 5.73 Å². The number of hydrogen-bond acceptors (Lipinski definition) is 4. The number of carbonyl (C=O) groups excluding carboxylic acids is 1. The Labute approximate surface area is 109 Å². The Hall–Kier alpha value is -1.85. The molecule has 0 bridgehead atoms. The van der Waals surface area contributed by atoms with Gasteiger partial charge in [0.25, 0.3) is 5.91 Å². The molecule has 3 N–H and O–H groups in total. The number of benzene rings is 1. The Morgan fingerprint density at radius 1 is 1.56 bits per heavy atom. The molecule has 6 heteroatoms. The van der Waals surface area contributed by atoms with E-state index in [1.807, 2.05) is 13.0 Å². The second-order valence-electron chi connectivity index (χ2n) is 3.74. The first-order valence-corrected chi connectivity index (χ1v) is 5.70. The van der Waals surface area contributed by atoms with Crippen molar-refractivity contribution in [3.8, 4) is 0 Å². The van der Waals surface area contributed by atoms with Crippen LogP contribution in [0.1, 0.15) is 22.0 Å². The number of oxazole rings is 1. The molecule has 0 spiro atoms. The fourth-order valence-corrected chi connectivity index (χ4v) is 1.55. The third kappa shape index (κ3) is 2.69. The lowest BCUT2D eigenvalue weighted by Crippen LogP contribution is -2.11. The quantitative estimate of drug-likeness (QED) is 0.893. The maximum absolute atomic E-state index is 11.8. The highest BCUT2D eigenvalue weighted by atomic mass is 35.5. The van der Waals surface area contributed by atoms with E-state index >= 15 is 0 Å². The second-order valence-corrected chi connectivity index (χ2v) is 4.15. The molecule has 0 saturated heterocycles. The Morgan fingerprint density at radius 2 is 2.33 bits per heavy atom. The third-order valence-electron chi connectivity index (χ3n) is 2.38. The van der Waals surface area contributed by atoms with Crippen LogP contribution in [0.3, 0.4) is 0 Å². The number of aromatic nitrogens is 1. The van der Waals surface area contributed by atoms with E-state index in [-0.39, 0.29) is 18.2 Å². The number of nitrogens with two attached hydrogens (primary N) is 1. The summed E-state index contributed by atoms with van der Waals surface area (Å²) < 4.78 is 5.14. The number of rotatable bonds is 3. The SMILES string of the molecule is Cc1ccc(NC(=O)c2cnc(CN)o2)cc1Cl. The molecular weight excluding hydrogens is 254 g/mol. The summed E-state index contributed by atoms with van der Waals surface area (Å²) >= 11 is 5.97. The molecule has 0 aliphatic heterocycles. The summed E-state index contributed by atoms with van der Waals surface area (Å²) in [4.78, 5) is 15.7. The van der Waals surface area contributed by atoms with Crippen LogP contribution in [0.5, 0.6) is 0 Å². The minimum absolute atomic E-state index is 0.118. The molecule has 2 rings (SSSR count). The summed E-state index contributed by atoms with van der Waals surface area (Å²) in [5.41, 5.74) is 6.89. The van der Waals surface area contributed by atoms with Crippen molar-refractivity contribution in [1.29, 1.82) is 0 Å². The van der Waals surface area contributed by atoms with Crippen molar-refractivity contribution in [2.45, 2.75) is 13.5 Å². The zero-order valence-electron chi connectivity index (χ0n) is 9.74. The Bertz CT molecular complexity index is 580. The number of aryl methyl sites for hydroxylation is 1. The van der Waals surface area contributed by atoms with Gasteiger partial charge in [-0.1, -0.05) is 17.7 Å². The van der Waals surface area contributed by atoms with Gasteiger partial charge in [0.05, 0.1) is 12.7 Å². The highest BCUT2D eigenvalue weighted by Gasteiger charge is 2.12. The van der Waals surface area contributed by atoms with Crippen LogP contribution in [-0.2, 0) is 6.54 Å². The summed E-state index contributed by atoms with van der Waals surface area (Å²) in [5.74, 6) is 0.0522. The monoisotopic (exact) mass is 265 g/mol. The van der Waals surface area contributed by atoms with Gasteiger partial charge in [0.15, 0.2) is 0 Å². The highest BCUT2D eigenvalue weighted by Crippen LogP contribution is 2.20. The average molecular weight is 266 g/mol. The molecule has 1 amide bonds. The third-order valence-corrected chi connectivity index (χ3v) is 2.79. The van der Waals surface area contributed by atoms with E-state index in [9.17, 15) is 4.79 Å². The zero-order valence-corrected chi connectivity index (χ0v) is 10.5. The van der Waals surface area contributed by atoms with Crippen LogP contribution >= 0.6 is 11.6 Å². The van der Waals surface area contributed by atoms with Crippen molar-refractivity contribution < 1.29 is 9.21 Å². The van der Waals surface area contributed by atoms with Gasteiger partial charge < -0.3 is 15.5 Å². The van der Waals surface area contributed by atoms with Crippen molar-refractivity contribution in [1.82, 2.24) is 4.98 Å². The first kappa shape index (κ1) is 12.6. The Morgan fingerprint density at radius 3 is 2.94 bits per heavy atom. The molecule has 0 saturated carbocycles. The zero-order chi connectivity index (χ0) is 13.1. The highest BCUT2D eigenvalue weighted by molar-refractivity contribution is 6.31. The van der Waals surface area contributed by atoms with Crippen molar-refractivity contribution in [3.05, 3.63) is 46.6 Å². The summed E-state index contributed by atoms with van der Waals surface area (Å²) in [6.45, 7) is 2.04. The van der Waals surface area contributed by atoms with Crippen molar-refractivity contribution >= 4 is 23.2 Å². The van der Waals surface area contributed by atoms with Gasteiger partial charge in [-0.3, -0.25) is 4.79 Å². The summed E-state index contributed by atoms with van der Waals surface area (Å²) in [5, 5.41) is 3.26. The average Bonchev–Trinajstić information content (AvgIpc) is 2.82. The molecule has 2 aromatic rings. The number of nitrogens with one attached hydrogen (secondary N) is 1. The molecule has 0 unspecified atom stereocenters. The van der Waals surface area contributed by atoms with E-state index in [1.54, 1.807) is 12.1 Å². The van der Waals surface area contributed by atoms with Crippen LogP contribution < -0.4 is 11.1 Å². The molecule has 0 aliphatic rings. The van der Waals surface area contributed by atoms with Gasteiger partial charge in [-0.25, -0.2) is 4.98 Å². The van der Waals surface area contributed by atoms with E-state index in [0.29, 0.717) is 16.6 Å². The number of amides is 1. The summed E-state index contributed by atoms with van der Waals surface area (Å²) in [6, 6.07) is 5.26. The van der Waals surface area contributed by atoms with Gasteiger partial charge >= 0.3 is 0 Å². The van der Waals surface area contributed by atoms with Crippen LogP contribution in [-0.4, -0.2) is 10.9 Å². The molecule has 1 heterocycles. The smallest absolute Gasteiger partial charge is 0.293 e. The molecule has 5 nitrogen and oxygen atoms in total. The van der Waals surface area contributed by atoms with Crippen LogP contribution in [0.15, 0.2) is 28.8 Å². The van der Waals surface area contributed by atoms with Crippen LogP contribution in [0.4, 0.5) is 5.69 Å². The van der Waals surface area contributed by atoms with Gasteiger partial charge in [-0.05, 0) is 24.6 Å². The van der Waals surface area contributed by atoms with E-state index < -0.39 is 0 Å². The molecule has 0 radical (unpaired) electrons. The molecule has 0 fully saturated rings. The number of anilines is 1. The van der Waals surface area contributed by atoms with E-state index in [2.05, 4.69) is 10.3 Å². The first-order valence-electron chi connectivity index (χ1n) is 5.32. The Balaban J connectivity index is 2.13. The normalized spacial score (nSPS) is 10.4. The van der Waals surface area contributed by atoms with Crippen LogP contribution in [0, 0.1) is 6.92 Å². The molecule has 1 aromatic heterocycles. The fourth-order valence-electron chi connectivity index (χ4n) is 1.37. The van der Waals surface area contributed by atoms with Crippen LogP contribution in [0.25, 0.3) is 0 Å². The fraction of sp³-hybridized carbons (Fsp3) is 0.167. The van der Waals surface area contributed by atoms with Crippen molar-refractivity contribution in [3.63, 3.8) is 0 Å². The minimum atomic E-state index is -0.387. The maximum Gasteiger partial charge on any atom is 0.293 e. The van der Waals surface area contributed by atoms with Gasteiger partial charge in [0, 0.05) is 10.7 Å². The van der Waals surface area contributed by atoms with Gasteiger partial charge in [-0.15, -0.1) is 0 Å². The number of nitrogens with zero attached hydrogens (tertiary/aromatic N) is 1. The second kappa shape index (κ2) is 5.20. The van der Waals surface area contributed by atoms with Gasteiger partial charge in [0.2, 0.25) is 11.7 Å². The number of halogens is 1. The molecule has 0 aliphatic carbocycles. The lowest BCUT2D eigenvalue weighted by Gasteiger charge is -2.04. The van der Waals surface area contributed by atoms with Crippen molar-refractivity contribution in [2.75, 3.05) is 5.32 Å². The lowest BCUT2D eigenvalue weighted by atomic mass is 10.2. The van der Waals surface area contributed by atoms with Gasteiger partial charge in [0.1, 0.15) is 0 Å². The largest absolute Gasteiger partial charge is 0.434 e. The Kier molecular flexibility index (Phi) is 3.64. The molecular formula is C12H12ClN3O2. The summed E-state index contributed by atoms with van der Waals surface area (Å²) in [6.07, 6.45) is 1.34. The molecule has 1 aromatic carbocycles. The maximum atomic E-state index is 11.8. The molecule has 94 valence electrons. The summed E-state index contributed by atoms with van der Waals surface area (Å²) in [7, 11) is 0. The molecule has 18 heavy (non-hydrogen) atoms. The number of hydrogen-bond donors (Lipinski definition) is 2. The number of carbonyl (C=O) groups is 1. The first-order chi connectivity index (χ1) is 8.60. The predicted molar refractivity (Wildman–Crippen MR) is 68.5 cm³/mol. The topological polar surface area (TPSA) is 81.2 Å². The lowest BCUT2D eigenvalue weighted by molar-refractivity contribution is 0.0995. The predicted octanol–water partition coefficient (Wildman–Crippen LogP) is 2.35. The standard InChI is InChI=1S/C12H12ClN3O2/c1-7-2-3-8(4-9(7)13)16-12(17)10-6-15-11(5-14)18-10/h2-4,6H,5,14H2,1H3,(H,16,17). The van der Waals surface area contributed by atoms with Crippen LogP contribution in [0.2, 0.25) is 5.02 Å².